The Kier molecular flexibility index (Phi) is 3.78. The molecule has 0 radical (unpaired) electrons. The molecule has 0 unspecified atom stereocenters. The quantitative estimate of drug-likeness (QED) is 0.765. The van der Waals surface area contributed by atoms with E-state index in [1.54, 1.807) is 19.2 Å². The Morgan fingerprint density at radius 3 is 2.33 bits per heavy atom. The lowest BCUT2D eigenvalue weighted by Crippen LogP contribution is -2.04. The number of carbonyl (C=O) groups excluding carboxylic acids is 1. The molecule has 0 heterocycles. The summed E-state index contributed by atoms with van der Waals surface area (Å²) in [7, 11) is 1.61. The number of rotatable bonds is 4. The summed E-state index contributed by atoms with van der Waals surface area (Å²) >= 11 is 0. The SMILES string of the molecule is CCc1ccccc1C(=O)c1ccc(OC)cc1. The molecular formula is C16H16O2. The van der Waals surface area contributed by atoms with E-state index in [-0.39, 0.29) is 5.78 Å². The van der Waals surface area contributed by atoms with Crippen molar-refractivity contribution in [2.24, 2.45) is 0 Å². The lowest BCUT2D eigenvalue weighted by molar-refractivity contribution is 0.103. The summed E-state index contributed by atoms with van der Waals surface area (Å²) in [6.45, 7) is 2.06. The van der Waals surface area contributed by atoms with Crippen LogP contribution in [0.5, 0.6) is 5.75 Å². The van der Waals surface area contributed by atoms with Gasteiger partial charge in [-0.1, -0.05) is 31.2 Å². The molecule has 0 spiro atoms. The summed E-state index contributed by atoms with van der Waals surface area (Å²) in [6.07, 6.45) is 0.859. The molecule has 92 valence electrons. The first-order valence-corrected chi connectivity index (χ1v) is 6.03. The zero-order valence-electron chi connectivity index (χ0n) is 10.6. The summed E-state index contributed by atoms with van der Waals surface area (Å²) < 4.78 is 5.09. The normalized spacial score (nSPS) is 10.1. The van der Waals surface area contributed by atoms with Crippen molar-refractivity contribution in [3.8, 4) is 5.75 Å². The molecule has 0 aliphatic carbocycles. The maximum atomic E-state index is 12.4. The number of carbonyl (C=O) groups is 1. The van der Waals surface area contributed by atoms with Gasteiger partial charge in [-0.05, 0) is 36.2 Å². The number of hydrogen-bond donors (Lipinski definition) is 0. The van der Waals surface area contributed by atoms with E-state index in [4.69, 9.17) is 4.74 Å². The fourth-order valence-corrected chi connectivity index (χ4v) is 1.95. The predicted molar refractivity (Wildman–Crippen MR) is 72.2 cm³/mol. The topological polar surface area (TPSA) is 26.3 Å². The van der Waals surface area contributed by atoms with Crippen LogP contribution in [0.15, 0.2) is 48.5 Å². The standard InChI is InChI=1S/C16H16O2/c1-3-12-6-4-5-7-15(12)16(17)13-8-10-14(18-2)11-9-13/h4-11H,3H2,1-2H3. The number of ether oxygens (including phenoxy) is 1. The first-order valence-electron chi connectivity index (χ1n) is 6.03. The number of ketones is 1. The monoisotopic (exact) mass is 240 g/mol. The van der Waals surface area contributed by atoms with Crippen LogP contribution in [0.3, 0.4) is 0 Å². The van der Waals surface area contributed by atoms with E-state index in [0.717, 1.165) is 23.3 Å². The van der Waals surface area contributed by atoms with E-state index in [0.29, 0.717) is 5.56 Å². The van der Waals surface area contributed by atoms with Crippen molar-refractivity contribution in [2.75, 3.05) is 7.11 Å². The Morgan fingerprint density at radius 1 is 1.06 bits per heavy atom. The fourth-order valence-electron chi connectivity index (χ4n) is 1.95. The van der Waals surface area contributed by atoms with Crippen LogP contribution >= 0.6 is 0 Å². The number of aryl methyl sites for hydroxylation is 1. The van der Waals surface area contributed by atoms with Crippen LogP contribution in [0.1, 0.15) is 28.4 Å². The number of methoxy groups -OCH3 is 1. The average Bonchev–Trinajstić information content (AvgIpc) is 2.46. The van der Waals surface area contributed by atoms with E-state index in [1.807, 2.05) is 36.4 Å². The van der Waals surface area contributed by atoms with Gasteiger partial charge in [0, 0.05) is 11.1 Å². The van der Waals surface area contributed by atoms with Gasteiger partial charge in [0.15, 0.2) is 5.78 Å². The van der Waals surface area contributed by atoms with Crippen LogP contribution in [-0.2, 0) is 6.42 Å². The molecule has 0 fully saturated rings. The third-order valence-corrected chi connectivity index (χ3v) is 3.00. The van der Waals surface area contributed by atoms with Gasteiger partial charge in [-0.15, -0.1) is 0 Å². The Balaban J connectivity index is 2.35. The highest BCUT2D eigenvalue weighted by Gasteiger charge is 2.12. The molecule has 0 amide bonds. The molecule has 0 saturated heterocycles. The molecule has 2 aromatic carbocycles. The lowest BCUT2D eigenvalue weighted by atomic mass is 9.97. The van der Waals surface area contributed by atoms with Gasteiger partial charge < -0.3 is 4.74 Å². The van der Waals surface area contributed by atoms with Crippen LogP contribution < -0.4 is 4.74 Å². The Bertz CT molecular complexity index is 541. The van der Waals surface area contributed by atoms with Gasteiger partial charge in [0.2, 0.25) is 0 Å². The maximum absolute atomic E-state index is 12.4. The Labute approximate surface area is 107 Å². The highest BCUT2D eigenvalue weighted by molar-refractivity contribution is 6.09. The second kappa shape index (κ2) is 5.50. The van der Waals surface area contributed by atoms with Gasteiger partial charge >= 0.3 is 0 Å². The third kappa shape index (κ3) is 2.43. The summed E-state index contributed by atoms with van der Waals surface area (Å²) in [5.74, 6) is 0.824. The molecular weight excluding hydrogens is 224 g/mol. The second-order valence-corrected chi connectivity index (χ2v) is 4.07. The molecule has 0 bridgehead atoms. The van der Waals surface area contributed by atoms with Crippen molar-refractivity contribution in [1.29, 1.82) is 0 Å². The third-order valence-electron chi connectivity index (χ3n) is 3.00. The minimum Gasteiger partial charge on any atom is -0.497 e. The number of hydrogen-bond acceptors (Lipinski definition) is 2. The van der Waals surface area contributed by atoms with Crippen molar-refractivity contribution in [3.63, 3.8) is 0 Å². The zero-order valence-corrected chi connectivity index (χ0v) is 10.6. The second-order valence-electron chi connectivity index (χ2n) is 4.07. The fraction of sp³-hybridized carbons (Fsp3) is 0.188. The van der Waals surface area contributed by atoms with Crippen LogP contribution in [0.2, 0.25) is 0 Å². The predicted octanol–water partition coefficient (Wildman–Crippen LogP) is 3.49. The van der Waals surface area contributed by atoms with E-state index in [9.17, 15) is 4.79 Å². The molecule has 0 aliphatic heterocycles. The Hall–Kier alpha value is -2.09. The van der Waals surface area contributed by atoms with E-state index in [1.165, 1.54) is 0 Å². The number of benzene rings is 2. The van der Waals surface area contributed by atoms with Gasteiger partial charge in [-0.3, -0.25) is 4.79 Å². The molecule has 0 aromatic heterocycles. The highest BCUT2D eigenvalue weighted by atomic mass is 16.5. The maximum Gasteiger partial charge on any atom is 0.193 e. The van der Waals surface area contributed by atoms with Crippen molar-refractivity contribution in [1.82, 2.24) is 0 Å². The highest BCUT2D eigenvalue weighted by Crippen LogP contribution is 2.17. The largest absolute Gasteiger partial charge is 0.497 e. The van der Waals surface area contributed by atoms with Crippen molar-refractivity contribution in [2.45, 2.75) is 13.3 Å². The smallest absolute Gasteiger partial charge is 0.193 e. The van der Waals surface area contributed by atoms with Crippen LogP contribution in [0.4, 0.5) is 0 Å². The van der Waals surface area contributed by atoms with Gasteiger partial charge in [0.05, 0.1) is 7.11 Å². The van der Waals surface area contributed by atoms with Crippen LogP contribution in [0, 0.1) is 0 Å². The minimum absolute atomic E-state index is 0.0649. The lowest BCUT2D eigenvalue weighted by Gasteiger charge is -2.07. The molecule has 0 saturated carbocycles. The van der Waals surface area contributed by atoms with Crippen molar-refractivity contribution >= 4 is 5.78 Å². The molecule has 0 atom stereocenters. The van der Waals surface area contributed by atoms with E-state index >= 15 is 0 Å². The van der Waals surface area contributed by atoms with Gasteiger partial charge in [0.25, 0.3) is 0 Å². The molecule has 2 aromatic rings. The van der Waals surface area contributed by atoms with Crippen LogP contribution in [0.25, 0.3) is 0 Å². The van der Waals surface area contributed by atoms with Crippen LogP contribution in [-0.4, -0.2) is 12.9 Å². The average molecular weight is 240 g/mol. The van der Waals surface area contributed by atoms with Gasteiger partial charge in [-0.2, -0.15) is 0 Å². The first-order chi connectivity index (χ1) is 8.76. The van der Waals surface area contributed by atoms with Crippen molar-refractivity contribution in [3.05, 3.63) is 65.2 Å². The Morgan fingerprint density at radius 2 is 1.72 bits per heavy atom. The molecule has 2 heteroatoms. The summed E-state index contributed by atoms with van der Waals surface area (Å²) in [5, 5.41) is 0. The summed E-state index contributed by atoms with van der Waals surface area (Å²) in [4.78, 5) is 12.4. The van der Waals surface area contributed by atoms with E-state index in [2.05, 4.69) is 6.92 Å². The van der Waals surface area contributed by atoms with Gasteiger partial charge in [0.1, 0.15) is 5.75 Å². The zero-order chi connectivity index (χ0) is 13.0. The summed E-state index contributed by atoms with van der Waals surface area (Å²) in [5.41, 5.74) is 2.56. The summed E-state index contributed by atoms with van der Waals surface area (Å²) in [6, 6.07) is 15.0. The van der Waals surface area contributed by atoms with Gasteiger partial charge in [-0.25, -0.2) is 0 Å². The molecule has 0 N–H and O–H groups in total. The van der Waals surface area contributed by atoms with Crippen molar-refractivity contribution < 1.29 is 9.53 Å². The van der Waals surface area contributed by atoms with E-state index < -0.39 is 0 Å². The minimum atomic E-state index is 0.0649. The molecule has 18 heavy (non-hydrogen) atoms. The first kappa shape index (κ1) is 12.4. The molecule has 2 nitrogen and oxygen atoms in total. The molecule has 2 rings (SSSR count). The molecule has 0 aliphatic rings.